The van der Waals surface area contributed by atoms with Crippen LogP contribution in [0.5, 0.6) is 17.2 Å². The van der Waals surface area contributed by atoms with E-state index < -0.39 is 11.9 Å². The predicted octanol–water partition coefficient (Wildman–Crippen LogP) is 4.76. The van der Waals surface area contributed by atoms with Crippen LogP contribution < -0.4 is 9.47 Å². The smallest absolute Gasteiger partial charge is 0.335 e. The van der Waals surface area contributed by atoms with Crippen LogP contribution in [0.3, 0.4) is 0 Å². The van der Waals surface area contributed by atoms with Crippen LogP contribution in [0, 0.1) is 0 Å². The molecule has 0 aliphatic carbocycles. The van der Waals surface area contributed by atoms with Crippen LogP contribution in [-0.4, -0.2) is 17.0 Å². The number of esters is 2. The highest BCUT2D eigenvalue weighted by atomic mass is 16.5. The molecule has 150 valence electrons. The van der Waals surface area contributed by atoms with Crippen molar-refractivity contribution in [1.82, 2.24) is 0 Å². The van der Waals surface area contributed by atoms with Crippen LogP contribution in [0.15, 0.2) is 98.1 Å². The predicted molar refractivity (Wildman–Crippen MR) is 114 cm³/mol. The van der Waals surface area contributed by atoms with Crippen molar-refractivity contribution in [1.29, 1.82) is 0 Å². The van der Waals surface area contributed by atoms with E-state index in [1.54, 1.807) is 36.4 Å². The number of benzene rings is 3. The summed E-state index contributed by atoms with van der Waals surface area (Å²) in [6.45, 7) is 6.78. The van der Waals surface area contributed by atoms with Gasteiger partial charge in [0.15, 0.2) is 0 Å². The summed E-state index contributed by atoms with van der Waals surface area (Å²) in [5, 5.41) is 9.65. The molecule has 0 aromatic heterocycles. The third kappa shape index (κ3) is 5.02. The molecule has 0 heterocycles. The van der Waals surface area contributed by atoms with Crippen molar-refractivity contribution < 1.29 is 24.2 Å². The number of rotatable bonds is 7. The lowest BCUT2D eigenvalue weighted by Gasteiger charge is -2.19. The monoisotopic (exact) mass is 400 g/mol. The van der Waals surface area contributed by atoms with Crippen LogP contribution in [0.25, 0.3) is 0 Å². The Labute approximate surface area is 174 Å². The van der Waals surface area contributed by atoms with E-state index in [1.165, 1.54) is 0 Å². The molecule has 0 spiro atoms. The minimum atomic E-state index is -0.525. The second kappa shape index (κ2) is 9.39. The van der Waals surface area contributed by atoms with Gasteiger partial charge < -0.3 is 14.6 Å². The maximum absolute atomic E-state index is 11.4. The molecule has 0 aliphatic heterocycles. The highest BCUT2D eigenvalue weighted by Gasteiger charge is 2.18. The van der Waals surface area contributed by atoms with E-state index in [9.17, 15) is 14.7 Å². The van der Waals surface area contributed by atoms with Gasteiger partial charge in [0, 0.05) is 18.1 Å². The number of carbonyl (C=O) groups excluding carboxylic acids is 2. The third-order valence-corrected chi connectivity index (χ3v) is 4.42. The summed E-state index contributed by atoms with van der Waals surface area (Å²) in [4.78, 5) is 22.8. The van der Waals surface area contributed by atoms with Crippen LogP contribution in [0.2, 0.25) is 0 Å². The number of hydrogen-bond acceptors (Lipinski definition) is 5. The first-order chi connectivity index (χ1) is 14.5. The Hall–Kier alpha value is -4.12. The Morgan fingerprint density at radius 1 is 0.667 bits per heavy atom. The fourth-order valence-corrected chi connectivity index (χ4v) is 3.02. The Balaban J connectivity index is 1.96. The van der Waals surface area contributed by atoms with Gasteiger partial charge in [-0.1, -0.05) is 49.6 Å². The maximum atomic E-state index is 11.4. The number of hydrogen-bond donors (Lipinski definition) is 1. The maximum Gasteiger partial charge on any atom is 0.335 e. The van der Waals surface area contributed by atoms with Crippen molar-refractivity contribution in [3.63, 3.8) is 0 Å². The van der Waals surface area contributed by atoms with Crippen LogP contribution in [0.4, 0.5) is 0 Å². The Morgan fingerprint density at radius 3 is 1.33 bits per heavy atom. The molecule has 0 fully saturated rings. The molecular weight excluding hydrogens is 380 g/mol. The van der Waals surface area contributed by atoms with Crippen molar-refractivity contribution >= 4 is 11.9 Å². The average Bonchev–Trinajstić information content (AvgIpc) is 2.77. The minimum absolute atomic E-state index is 0.154. The topological polar surface area (TPSA) is 72.8 Å². The van der Waals surface area contributed by atoms with E-state index in [0.717, 1.165) is 28.8 Å². The Bertz CT molecular complexity index is 983. The molecule has 0 radical (unpaired) electrons. The standard InChI is InChI=1S/C25H20O5/c1-3-23(27)29-21-13-7-18(8-14-21)25(17-5-11-20(26)12-6-17)19-9-15-22(16-10-19)30-24(28)4-2/h3-16,25-26H,1-2H2. The molecule has 3 aromatic carbocycles. The Kier molecular flexibility index (Phi) is 6.45. The van der Waals surface area contributed by atoms with Crippen molar-refractivity contribution in [2.45, 2.75) is 5.92 Å². The summed E-state index contributed by atoms with van der Waals surface area (Å²) >= 11 is 0. The van der Waals surface area contributed by atoms with Crippen LogP contribution >= 0.6 is 0 Å². The summed E-state index contributed by atoms with van der Waals surface area (Å²) in [5.74, 6) is -0.195. The van der Waals surface area contributed by atoms with E-state index in [-0.39, 0.29) is 11.7 Å². The molecule has 1 N–H and O–H groups in total. The molecule has 5 heteroatoms. The zero-order valence-electron chi connectivity index (χ0n) is 16.2. The summed E-state index contributed by atoms with van der Waals surface area (Å²) < 4.78 is 10.3. The molecule has 0 unspecified atom stereocenters. The zero-order chi connectivity index (χ0) is 21.5. The van der Waals surface area contributed by atoms with Gasteiger partial charge >= 0.3 is 11.9 Å². The zero-order valence-corrected chi connectivity index (χ0v) is 16.2. The number of aromatic hydroxyl groups is 1. The lowest BCUT2D eigenvalue weighted by Crippen LogP contribution is -2.06. The summed E-state index contributed by atoms with van der Waals surface area (Å²) in [5.41, 5.74) is 2.87. The quantitative estimate of drug-likeness (QED) is 0.268. The lowest BCUT2D eigenvalue weighted by molar-refractivity contribution is -0.129. The van der Waals surface area contributed by atoms with E-state index in [4.69, 9.17) is 9.47 Å². The SMILES string of the molecule is C=CC(=O)Oc1ccc(C(c2ccc(O)cc2)c2ccc(OC(=O)C=C)cc2)cc1. The second-order valence-electron chi connectivity index (χ2n) is 6.41. The number of carbonyl (C=O) groups is 2. The van der Waals surface area contributed by atoms with Crippen LogP contribution in [-0.2, 0) is 9.59 Å². The lowest BCUT2D eigenvalue weighted by atomic mass is 9.85. The number of phenols is 1. The normalized spacial score (nSPS) is 10.3. The van der Waals surface area contributed by atoms with Gasteiger partial charge in [-0.2, -0.15) is 0 Å². The van der Waals surface area contributed by atoms with Crippen molar-refractivity contribution in [3.8, 4) is 17.2 Å². The second-order valence-corrected chi connectivity index (χ2v) is 6.41. The van der Waals surface area contributed by atoms with Crippen LogP contribution in [0.1, 0.15) is 22.6 Å². The van der Waals surface area contributed by atoms with Gasteiger partial charge in [-0.05, 0) is 53.1 Å². The fraction of sp³-hybridized carbons (Fsp3) is 0.0400. The van der Waals surface area contributed by atoms with Crippen molar-refractivity contribution in [3.05, 3.63) is 115 Å². The molecule has 3 rings (SSSR count). The van der Waals surface area contributed by atoms with E-state index in [1.807, 2.05) is 36.4 Å². The molecule has 0 atom stereocenters. The summed E-state index contributed by atoms with van der Waals surface area (Å²) in [6, 6.07) is 21.3. The Morgan fingerprint density at radius 2 is 1.00 bits per heavy atom. The first-order valence-corrected chi connectivity index (χ1v) is 9.17. The number of phenolic OH excluding ortho intramolecular Hbond substituents is 1. The summed E-state index contributed by atoms with van der Waals surface area (Å²) in [7, 11) is 0. The highest BCUT2D eigenvalue weighted by Crippen LogP contribution is 2.34. The molecule has 0 aliphatic rings. The molecule has 30 heavy (non-hydrogen) atoms. The van der Waals surface area contributed by atoms with Crippen molar-refractivity contribution in [2.75, 3.05) is 0 Å². The van der Waals surface area contributed by atoms with Gasteiger partial charge in [0.25, 0.3) is 0 Å². The highest BCUT2D eigenvalue weighted by molar-refractivity contribution is 5.83. The van der Waals surface area contributed by atoms with E-state index in [0.29, 0.717) is 11.5 Å². The van der Waals surface area contributed by atoms with Gasteiger partial charge in [-0.25, -0.2) is 9.59 Å². The van der Waals surface area contributed by atoms with Gasteiger partial charge in [0.2, 0.25) is 0 Å². The first-order valence-electron chi connectivity index (χ1n) is 9.17. The molecule has 5 nitrogen and oxygen atoms in total. The van der Waals surface area contributed by atoms with E-state index in [2.05, 4.69) is 13.2 Å². The molecule has 0 saturated heterocycles. The molecule has 3 aromatic rings. The van der Waals surface area contributed by atoms with Gasteiger partial charge in [0.1, 0.15) is 17.2 Å². The largest absolute Gasteiger partial charge is 0.508 e. The fourth-order valence-electron chi connectivity index (χ4n) is 3.02. The van der Waals surface area contributed by atoms with Gasteiger partial charge in [-0.15, -0.1) is 0 Å². The first kappa shape index (κ1) is 20.6. The van der Waals surface area contributed by atoms with Gasteiger partial charge in [0.05, 0.1) is 0 Å². The van der Waals surface area contributed by atoms with Gasteiger partial charge in [-0.3, -0.25) is 0 Å². The van der Waals surface area contributed by atoms with E-state index >= 15 is 0 Å². The molecule has 0 saturated carbocycles. The summed E-state index contributed by atoms with van der Waals surface area (Å²) in [6.07, 6.45) is 2.21. The average molecular weight is 400 g/mol. The molecule has 0 amide bonds. The molecular formula is C25H20O5. The third-order valence-electron chi connectivity index (χ3n) is 4.42. The van der Waals surface area contributed by atoms with Crippen molar-refractivity contribution in [2.24, 2.45) is 0 Å². The minimum Gasteiger partial charge on any atom is -0.508 e. The number of ether oxygens (including phenoxy) is 2. The molecule has 0 bridgehead atoms.